The first-order valence-electron chi connectivity index (χ1n) is 3.26. The van der Waals surface area contributed by atoms with E-state index in [9.17, 15) is 0 Å². The minimum Gasteiger partial charge on any atom is -0.346 e. The number of aromatic amines is 1. The molecule has 0 aromatic carbocycles. The first kappa shape index (κ1) is 5.53. The number of nitrogens with one attached hydrogen (secondary N) is 1. The molecule has 2 nitrogen and oxygen atoms in total. The highest BCUT2D eigenvalue weighted by Gasteiger charge is 1.92. The van der Waals surface area contributed by atoms with Gasteiger partial charge in [-0.05, 0) is 6.07 Å². The molecule has 1 N–H and O–H groups in total. The van der Waals surface area contributed by atoms with E-state index in [0.717, 1.165) is 5.65 Å². The molecule has 0 saturated carbocycles. The average molecular weight is 130 g/mol. The zero-order chi connectivity index (χ0) is 6.97. The quantitative estimate of drug-likeness (QED) is 0.492. The molecule has 0 amide bonds. The Labute approximate surface area is 59.7 Å². The van der Waals surface area contributed by atoms with Gasteiger partial charge in [0.05, 0.1) is 0 Å². The first-order chi connectivity index (χ1) is 4.86. The van der Waals surface area contributed by atoms with E-state index in [1.54, 1.807) is 0 Å². The van der Waals surface area contributed by atoms with Crippen molar-refractivity contribution in [3.05, 3.63) is 24.5 Å². The fourth-order valence-corrected chi connectivity index (χ4v) is 1.05. The van der Waals surface area contributed by atoms with E-state index in [1.165, 1.54) is 10.8 Å². The molecule has 3 heteroatoms. The van der Waals surface area contributed by atoms with Crippen molar-refractivity contribution in [2.45, 2.75) is 0 Å². The van der Waals surface area contributed by atoms with Crippen molar-refractivity contribution >= 4 is 24.3 Å². The zero-order valence-electron chi connectivity index (χ0n) is 5.76. The molecule has 0 spiro atoms. The lowest BCUT2D eigenvalue weighted by Gasteiger charge is -1.89. The van der Waals surface area contributed by atoms with Crippen molar-refractivity contribution in [3.63, 3.8) is 0 Å². The topological polar surface area (TPSA) is 28.7 Å². The molecule has 2 aromatic rings. The highest BCUT2D eigenvalue weighted by atomic mass is 14.8. The summed E-state index contributed by atoms with van der Waals surface area (Å²) in [7, 11) is 2.04. The normalized spacial score (nSPS) is 10.4. The third kappa shape index (κ3) is 0.710. The van der Waals surface area contributed by atoms with Crippen LogP contribution in [0.1, 0.15) is 0 Å². The lowest BCUT2D eigenvalue weighted by atomic mass is 9.98. The van der Waals surface area contributed by atoms with E-state index in [4.69, 9.17) is 0 Å². The van der Waals surface area contributed by atoms with Crippen LogP contribution in [0, 0.1) is 0 Å². The molecular formula is C7H7BN2. The van der Waals surface area contributed by atoms with Crippen molar-refractivity contribution in [2.24, 2.45) is 0 Å². The molecule has 0 aliphatic heterocycles. The van der Waals surface area contributed by atoms with Crippen molar-refractivity contribution < 1.29 is 0 Å². The molecule has 2 rings (SSSR count). The number of rotatable bonds is 0. The summed E-state index contributed by atoms with van der Waals surface area (Å²) in [6.07, 6.45) is 3.76. The van der Waals surface area contributed by atoms with Crippen LogP contribution in [0.15, 0.2) is 24.5 Å². The van der Waals surface area contributed by atoms with Gasteiger partial charge in [-0.2, -0.15) is 0 Å². The van der Waals surface area contributed by atoms with Crippen molar-refractivity contribution in [1.82, 2.24) is 9.97 Å². The Hall–Kier alpha value is -1.25. The number of aromatic nitrogens is 2. The predicted molar refractivity (Wildman–Crippen MR) is 44.3 cm³/mol. The Morgan fingerprint density at radius 1 is 1.50 bits per heavy atom. The van der Waals surface area contributed by atoms with Crippen LogP contribution in [0.3, 0.4) is 0 Å². The number of hydrogen-bond acceptors (Lipinski definition) is 1. The molecule has 2 aromatic heterocycles. The van der Waals surface area contributed by atoms with Gasteiger partial charge in [-0.3, -0.25) is 0 Å². The minimum absolute atomic E-state index is 0.964. The van der Waals surface area contributed by atoms with E-state index >= 15 is 0 Å². The number of fused-ring (bicyclic) bond motifs is 1. The smallest absolute Gasteiger partial charge is 0.141 e. The molecule has 0 bridgehead atoms. The highest BCUT2D eigenvalue weighted by molar-refractivity contribution is 6.32. The van der Waals surface area contributed by atoms with Gasteiger partial charge in [0.25, 0.3) is 0 Å². The molecule has 0 unspecified atom stereocenters. The second-order valence-corrected chi connectivity index (χ2v) is 2.43. The van der Waals surface area contributed by atoms with Crippen LogP contribution in [-0.2, 0) is 0 Å². The molecule has 0 saturated heterocycles. The summed E-state index contributed by atoms with van der Waals surface area (Å²) in [6.45, 7) is 0. The van der Waals surface area contributed by atoms with Crippen LogP contribution in [0.2, 0.25) is 0 Å². The second kappa shape index (κ2) is 1.87. The third-order valence-corrected chi connectivity index (χ3v) is 1.54. The molecule has 0 aliphatic carbocycles. The molecular weight excluding hydrogens is 123 g/mol. The van der Waals surface area contributed by atoms with Crippen molar-refractivity contribution in [3.8, 4) is 0 Å². The Morgan fingerprint density at radius 2 is 2.40 bits per heavy atom. The van der Waals surface area contributed by atoms with Gasteiger partial charge in [-0.1, -0.05) is 11.5 Å². The summed E-state index contributed by atoms with van der Waals surface area (Å²) in [5.74, 6) is 0. The van der Waals surface area contributed by atoms with Crippen molar-refractivity contribution in [2.75, 3.05) is 0 Å². The van der Waals surface area contributed by atoms with E-state index in [1.807, 2.05) is 26.3 Å². The highest BCUT2D eigenvalue weighted by Crippen LogP contribution is 2.04. The van der Waals surface area contributed by atoms with Crippen LogP contribution < -0.4 is 5.46 Å². The van der Waals surface area contributed by atoms with Crippen LogP contribution >= 0.6 is 0 Å². The van der Waals surface area contributed by atoms with Gasteiger partial charge in [0.1, 0.15) is 13.5 Å². The van der Waals surface area contributed by atoms with Crippen LogP contribution in [0.5, 0.6) is 0 Å². The third-order valence-electron chi connectivity index (χ3n) is 1.54. The monoisotopic (exact) mass is 130 g/mol. The lowest BCUT2D eigenvalue weighted by Crippen LogP contribution is -2.01. The predicted octanol–water partition coefficient (Wildman–Crippen LogP) is -0.179. The van der Waals surface area contributed by atoms with Gasteiger partial charge in [0.15, 0.2) is 0 Å². The van der Waals surface area contributed by atoms with Crippen LogP contribution in [-0.4, -0.2) is 17.8 Å². The first-order valence-corrected chi connectivity index (χ1v) is 3.26. The van der Waals surface area contributed by atoms with E-state index in [0.29, 0.717) is 0 Å². The maximum atomic E-state index is 4.19. The van der Waals surface area contributed by atoms with Crippen LogP contribution in [0.4, 0.5) is 0 Å². The summed E-state index contributed by atoms with van der Waals surface area (Å²) in [5, 5.41) is 1.18. The maximum Gasteiger partial charge on any atom is 0.141 e. The van der Waals surface area contributed by atoms with Gasteiger partial charge in [-0.25, -0.2) is 4.98 Å². The van der Waals surface area contributed by atoms with E-state index < -0.39 is 0 Å². The SMILES string of the molecule is Bc1cnc2[nH]ccc2c1. The van der Waals surface area contributed by atoms with Gasteiger partial charge in [0.2, 0.25) is 0 Å². The fraction of sp³-hybridized carbons (Fsp3) is 0. The Kier molecular flexibility index (Phi) is 1.03. The maximum absolute atomic E-state index is 4.19. The van der Waals surface area contributed by atoms with E-state index in [2.05, 4.69) is 16.0 Å². The number of H-pyrrole nitrogens is 1. The second-order valence-electron chi connectivity index (χ2n) is 2.43. The zero-order valence-corrected chi connectivity index (χ0v) is 5.76. The Morgan fingerprint density at radius 3 is 3.30 bits per heavy atom. The standard InChI is InChI=1S/C7H7BN2/c8-6-3-5-1-2-9-7(5)10-4-6/h1-4H,8H2,(H,9,10). The number of nitrogens with zero attached hydrogens (tertiary/aromatic N) is 1. The summed E-state index contributed by atoms with van der Waals surface area (Å²) < 4.78 is 0. The van der Waals surface area contributed by atoms with Crippen LogP contribution in [0.25, 0.3) is 11.0 Å². The summed E-state index contributed by atoms with van der Waals surface area (Å²) in [4.78, 5) is 7.22. The molecule has 0 atom stereocenters. The molecule has 0 fully saturated rings. The Bertz CT molecular complexity index is 353. The average Bonchev–Trinajstić information content (AvgIpc) is 2.33. The molecule has 0 radical (unpaired) electrons. The number of pyridine rings is 1. The summed E-state index contributed by atoms with van der Waals surface area (Å²) in [6, 6.07) is 4.13. The molecule has 0 aliphatic rings. The van der Waals surface area contributed by atoms with E-state index in [-0.39, 0.29) is 0 Å². The fourth-order valence-electron chi connectivity index (χ4n) is 1.05. The summed E-state index contributed by atoms with van der Waals surface area (Å²) in [5.41, 5.74) is 2.16. The number of hydrogen-bond donors (Lipinski definition) is 1. The minimum atomic E-state index is 0.964. The van der Waals surface area contributed by atoms with Gasteiger partial charge < -0.3 is 4.98 Å². The van der Waals surface area contributed by atoms with Crippen molar-refractivity contribution in [1.29, 1.82) is 0 Å². The molecule has 2 heterocycles. The molecule has 48 valence electrons. The molecule has 10 heavy (non-hydrogen) atoms. The van der Waals surface area contributed by atoms with Gasteiger partial charge >= 0.3 is 0 Å². The lowest BCUT2D eigenvalue weighted by molar-refractivity contribution is 1.34. The summed E-state index contributed by atoms with van der Waals surface area (Å²) >= 11 is 0. The Balaban J connectivity index is 2.86. The van der Waals surface area contributed by atoms with Gasteiger partial charge in [0, 0.05) is 17.8 Å². The largest absolute Gasteiger partial charge is 0.346 e. The van der Waals surface area contributed by atoms with Gasteiger partial charge in [-0.15, -0.1) is 0 Å².